The van der Waals surface area contributed by atoms with Crippen LogP contribution >= 0.6 is 11.8 Å². The Kier molecular flexibility index (Phi) is 5.97. The number of carboxylic acids is 1. The number of hydrogen-bond donors (Lipinski definition) is 2. The number of hydrogen-bond acceptors (Lipinski definition) is 3. The highest BCUT2D eigenvalue weighted by Crippen LogP contribution is 2.22. The van der Waals surface area contributed by atoms with E-state index in [0.29, 0.717) is 12.3 Å². The van der Waals surface area contributed by atoms with Gasteiger partial charge < -0.3 is 15.3 Å². The fourth-order valence-corrected chi connectivity index (χ4v) is 3.40. The van der Waals surface area contributed by atoms with E-state index >= 15 is 0 Å². The molecular formula is C13H24N2O3S. The second-order valence-electron chi connectivity index (χ2n) is 4.89. The molecule has 0 aromatic carbocycles. The Morgan fingerprint density at radius 3 is 2.37 bits per heavy atom. The first-order chi connectivity index (χ1) is 8.99. The predicted octanol–water partition coefficient (Wildman–Crippen LogP) is 2.17. The molecule has 0 saturated carbocycles. The third kappa shape index (κ3) is 3.78. The Morgan fingerprint density at radius 1 is 1.32 bits per heavy atom. The largest absolute Gasteiger partial charge is 0.480 e. The maximum atomic E-state index is 12.3. The van der Waals surface area contributed by atoms with Crippen LogP contribution < -0.4 is 5.32 Å². The van der Waals surface area contributed by atoms with Crippen molar-refractivity contribution in [1.29, 1.82) is 0 Å². The maximum Gasteiger partial charge on any atom is 0.327 e. The molecule has 1 heterocycles. The van der Waals surface area contributed by atoms with Crippen LogP contribution in [0.2, 0.25) is 0 Å². The first kappa shape index (κ1) is 16.1. The maximum absolute atomic E-state index is 12.3. The zero-order valence-corrected chi connectivity index (χ0v) is 12.8. The van der Waals surface area contributed by atoms with Gasteiger partial charge in [-0.15, -0.1) is 0 Å². The van der Waals surface area contributed by atoms with Crippen LogP contribution in [0.15, 0.2) is 0 Å². The van der Waals surface area contributed by atoms with Crippen LogP contribution in [-0.4, -0.2) is 51.6 Å². The summed E-state index contributed by atoms with van der Waals surface area (Å²) in [6.07, 6.45) is 2.56. The van der Waals surface area contributed by atoms with Gasteiger partial charge >= 0.3 is 12.0 Å². The summed E-state index contributed by atoms with van der Waals surface area (Å²) in [5, 5.41) is 12.2. The number of thioether (sulfide) groups is 1. The summed E-state index contributed by atoms with van der Waals surface area (Å²) in [4.78, 5) is 25.0. The van der Waals surface area contributed by atoms with Crippen LogP contribution in [0.1, 0.15) is 40.0 Å². The Balaban J connectivity index is 2.77. The van der Waals surface area contributed by atoms with Crippen molar-refractivity contribution in [2.24, 2.45) is 0 Å². The van der Waals surface area contributed by atoms with E-state index in [9.17, 15) is 14.7 Å². The number of carbonyl (C=O) groups excluding carboxylic acids is 1. The van der Waals surface area contributed by atoms with Gasteiger partial charge in [-0.3, -0.25) is 0 Å². The molecular weight excluding hydrogens is 264 g/mol. The molecule has 1 atom stereocenters. The van der Waals surface area contributed by atoms with E-state index in [4.69, 9.17) is 0 Å². The van der Waals surface area contributed by atoms with E-state index in [0.717, 1.165) is 25.0 Å². The van der Waals surface area contributed by atoms with Crippen LogP contribution in [0, 0.1) is 0 Å². The van der Waals surface area contributed by atoms with Gasteiger partial charge in [-0.2, -0.15) is 11.8 Å². The molecule has 1 aliphatic heterocycles. The van der Waals surface area contributed by atoms with Crippen molar-refractivity contribution >= 4 is 23.8 Å². The highest BCUT2D eigenvalue weighted by Gasteiger charge is 2.35. The molecule has 1 rings (SSSR count). The molecule has 0 aromatic rings. The molecule has 0 bridgehead atoms. The molecule has 1 saturated heterocycles. The molecule has 1 unspecified atom stereocenters. The summed E-state index contributed by atoms with van der Waals surface area (Å²) in [6.45, 7) is 6.65. The highest BCUT2D eigenvalue weighted by atomic mass is 32.2. The van der Waals surface area contributed by atoms with E-state index in [-0.39, 0.29) is 11.6 Å². The quantitative estimate of drug-likeness (QED) is 0.813. The Bertz CT molecular complexity index is 324. The average molecular weight is 288 g/mol. The minimum absolute atomic E-state index is 0.218. The minimum atomic E-state index is -0.919. The molecule has 2 amide bonds. The van der Waals surface area contributed by atoms with Crippen molar-refractivity contribution < 1.29 is 14.7 Å². The lowest BCUT2D eigenvalue weighted by Crippen LogP contribution is -2.58. The molecule has 6 heteroatoms. The summed E-state index contributed by atoms with van der Waals surface area (Å²) >= 11 is 1.59. The first-order valence-corrected chi connectivity index (χ1v) is 8.04. The van der Waals surface area contributed by atoms with Gasteiger partial charge in [0.05, 0.1) is 0 Å². The Morgan fingerprint density at radius 2 is 1.89 bits per heavy atom. The predicted molar refractivity (Wildman–Crippen MR) is 77.6 cm³/mol. The van der Waals surface area contributed by atoms with Crippen molar-refractivity contribution in [3.05, 3.63) is 0 Å². The zero-order chi connectivity index (χ0) is 14.5. The Hall–Kier alpha value is -0.910. The Labute approximate surface area is 119 Å². The molecule has 1 fully saturated rings. The van der Waals surface area contributed by atoms with Gasteiger partial charge in [0.1, 0.15) is 6.04 Å². The second-order valence-corrected chi connectivity index (χ2v) is 6.04. The molecule has 0 spiro atoms. The van der Waals surface area contributed by atoms with Gasteiger partial charge in [0.25, 0.3) is 0 Å². The number of urea groups is 1. The van der Waals surface area contributed by atoms with Crippen molar-refractivity contribution in [3.63, 3.8) is 0 Å². The summed E-state index contributed by atoms with van der Waals surface area (Å²) in [5.74, 6) is 0.353. The molecule has 1 aliphatic rings. The molecule has 0 aliphatic carbocycles. The lowest BCUT2D eigenvalue weighted by Gasteiger charge is -2.38. The lowest BCUT2D eigenvalue weighted by atomic mass is 9.90. The second kappa shape index (κ2) is 7.03. The third-order valence-corrected chi connectivity index (χ3v) is 5.10. The number of nitrogens with zero attached hydrogens (tertiary/aromatic N) is 1. The molecule has 2 N–H and O–H groups in total. The first-order valence-electron chi connectivity index (χ1n) is 6.89. The number of aliphatic carboxylic acids is 1. The zero-order valence-electron chi connectivity index (χ0n) is 11.9. The monoisotopic (exact) mass is 288 g/mol. The number of rotatable bonds is 5. The van der Waals surface area contributed by atoms with E-state index in [1.54, 1.807) is 11.8 Å². The van der Waals surface area contributed by atoms with Crippen molar-refractivity contribution in [1.82, 2.24) is 10.2 Å². The van der Waals surface area contributed by atoms with E-state index in [1.165, 1.54) is 4.90 Å². The molecule has 5 nitrogen and oxygen atoms in total. The SMILES string of the molecule is CCC(CC)(CC)NC(=O)N1CCSCC1C(=O)O. The summed E-state index contributed by atoms with van der Waals surface area (Å²) < 4.78 is 0. The third-order valence-electron chi connectivity index (χ3n) is 4.08. The van der Waals surface area contributed by atoms with Crippen LogP contribution in [0.4, 0.5) is 4.79 Å². The smallest absolute Gasteiger partial charge is 0.327 e. The summed E-state index contributed by atoms with van der Waals surface area (Å²) in [5.41, 5.74) is -0.218. The van der Waals surface area contributed by atoms with Gasteiger partial charge in [0.2, 0.25) is 0 Å². The van der Waals surface area contributed by atoms with Gasteiger partial charge in [-0.1, -0.05) is 20.8 Å². The number of carbonyl (C=O) groups is 2. The van der Waals surface area contributed by atoms with Gasteiger partial charge in [-0.25, -0.2) is 9.59 Å². The van der Waals surface area contributed by atoms with Gasteiger partial charge in [0.15, 0.2) is 0 Å². The molecule has 19 heavy (non-hydrogen) atoms. The van der Waals surface area contributed by atoms with E-state index in [1.807, 2.05) is 20.8 Å². The summed E-state index contributed by atoms with van der Waals surface area (Å²) in [6, 6.07) is -0.944. The van der Waals surface area contributed by atoms with E-state index in [2.05, 4.69) is 5.32 Å². The van der Waals surface area contributed by atoms with Crippen LogP contribution in [0.25, 0.3) is 0 Å². The number of carboxylic acid groups (broad SMARTS) is 1. The van der Waals surface area contributed by atoms with E-state index < -0.39 is 12.0 Å². The fraction of sp³-hybridized carbons (Fsp3) is 0.846. The van der Waals surface area contributed by atoms with Crippen molar-refractivity contribution in [2.75, 3.05) is 18.1 Å². The van der Waals surface area contributed by atoms with Crippen LogP contribution in [0.5, 0.6) is 0 Å². The molecule has 0 radical (unpaired) electrons. The fourth-order valence-electron chi connectivity index (χ4n) is 2.37. The van der Waals surface area contributed by atoms with Crippen molar-refractivity contribution in [3.8, 4) is 0 Å². The van der Waals surface area contributed by atoms with Gasteiger partial charge in [0, 0.05) is 23.6 Å². The molecule has 110 valence electrons. The van der Waals surface area contributed by atoms with Crippen LogP contribution in [0.3, 0.4) is 0 Å². The highest BCUT2D eigenvalue weighted by molar-refractivity contribution is 7.99. The number of amides is 2. The lowest BCUT2D eigenvalue weighted by molar-refractivity contribution is -0.141. The van der Waals surface area contributed by atoms with Gasteiger partial charge in [-0.05, 0) is 19.3 Å². The minimum Gasteiger partial charge on any atom is -0.480 e. The summed E-state index contributed by atoms with van der Waals surface area (Å²) in [7, 11) is 0. The van der Waals surface area contributed by atoms with Crippen LogP contribution in [-0.2, 0) is 4.79 Å². The standard InChI is InChI=1S/C13H24N2O3S/c1-4-13(5-2,6-3)14-12(18)15-7-8-19-9-10(15)11(16)17/h10H,4-9H2,1-3H3,(H,14,18)(H,16,17). The van der Waals surface area contributed by atoms with Crippen molar-refractivity contribution in [2.45, 2.75) is 51.6 Å². The average Bonchev–Trinajstić information content (AvgIpc) is 2.44. The topological polar surface area (TPSA) is 69.6 Å². The number of nitrogens with one attached hydrogen (secondary N) is 1. The molecule has 0 aromatic heterocycles. The normalized spacial score (nSPS) is 20.2.